The molecule has 0 unspecified atom stereocenters. The summed E-state index contributed by atoms with van der Waals surface area (Å²) in [5.41, 5.74) is -7.60. The van der Waals surface area contributed by atoms with Crippen LogP contribution in [-0.4, -0.2) is 18.0 Å². The molecule has 13 heavy (non-hydrogen) atoms. The zero-order valence-electron chi connectivity index (χ0n) is 6.15. The quantitative estimate of drug-likeness (QED) is 0.423. The second kappa shape index (κ2) is 2.19. The number of hydrogen-bond donors (Lipinski definition) is 0. The van der Waals surface area contributed by atoms with Gasteiger partial charge >= 0.3 is 12.4 Å². The fraction of sp³-hybridized carbons (Fsp3) is 0.667. The molecular weight excluding hydrogens is 205 g/mol. The molecule has 0 atom stereocenters. The summed E-state index contributed by atoms with van der Waals surface area (Å²) >= 11 is 0. The minimum Gasteiger partial charge on any atom is -0.234 e. The van der Waals surface area contributed by atoms with Crippen LogP contribution in [0.3, 0.4) is 0 Å². The van der Waals surface area contributed by atoms with Crippen molar-refractivity contribution in [3.05, 3.63) is 11.1 Å². The van der Waals surface area contributed by atoms with Gasteiger partial charge in [0.25, 0.3) is 0 Å². The predicted octanol–water partition coefficient (Wildman–Crippen LogP) is 3.15. The first-order chi connectivity index (χ1) is 5.49. The van der Waals surface area contributed by atoms with E-state index >= 15 is 0 Å². The Balaban J connectivity index is 3.05. The predicted molar refractivity (Wildman–Crippen MR) is 28.6 cm³/mol. The molecule has 76 valence electrons. The van der Waals surface area contributed by atoms with E-state index in [-0.39, 0.29) is 6.92 Å². The highest BCUT2D eigenvalue weighted by molar-refractivity contribution is 5.56. The molecule has 0 amide bonds. The maximum atomic E-state index is 12.6. The third-order valence-electron chi connectivity index (χ3n) is 1.69. The maximum Gasteiger partial charge on any atom is 0.416 e. The number of rotatable bonds is 0. The van der Waals surface area contributed by atoms with Gasteiger partial charge in [-0.3, -0.25) is 0 Å². The fourth-order valence-electron chi connectivity index (χ4n) is 1.17. The van der Waals surface area contributed by atoms with Gasteiger partial charge in [-0.15, -0.1) is 0 Å². The molecule has 0 saturated carbocycles. The first-order valence-electron chi connectivity index (χ1n) is 3.07. The van der Waals surface area contributed by atoms with E-state index < -0.39 is 29.2 Å². The molecule has 0 N–H and O–H groups in total. The molecule has 0 spiro atoms. The lowest BCUT2D eigenvalue weighted by atomic mass is 10.2. The Kier molecular flexibility index (Phi) is 1.74. The van der Waals surface area contributed by atoms with Crippen LogP contribution in [0.1, 0.15) is 6.92 Å². The Morgan fingerprint density at radius 1 is 0.846 bits per heavy atom. The molecule has 0 aromatic rings. The Bertz CT molecular complexity index is 238. The van der Waals surface area contributed by atoms with Crippen LogP contribution in [0.4, 0.5) is 30.7 Å². The first-order valence-corrected chi connectivity index (χ1v) is 3.07. The van der Waals surface area contributed by atoms with E-state index in [9.17, 15) is 30.7 Å². The summed E-state index contributed by atoms with van der Waals surface area (Å²) in [4.78, 5) is 0. The highest BCUT2D eigenvalue weighted by Crippen LogP contribution is 2.60. The van der Waals surface area contributed by atoms with Gasteiger partial charge in [0.2, 0.25) is 0 Å². The van der Waals surface area contributed by atoms with Gasteiger partial charge in [-0.2, -0.15) is 26.3 Å². The minimum atomic E-state index is -5.24. The topological polar surface area (TPSA) is 0 Å². The van der Waals surface area contributed by atoms with Crippen molar-refractivity contribution in [1.82, 2.24) is 0 Å². The summed E-state index contributed by atoms with van der Waals surface area (Å²) in [5, 5.41) is 0. The lowest BCUT2D eigenvalue weighted by Crippen LogP contribution is -2.16. The van der Waals surface area contributed by atoms with E-state index in [0.29, 0.717) is 0 Å². The Morgan fingerprint density at radius 2 is 1.08 bits per heavy atom. The molecular formula is C6H3F7. The van der Waals surface area contributed by atoms with Crippen molar-refractivity contribution in [1.29, 1.82) is 0 Å². The molecule has 0 bridgehead atoms. The maximum absolute atomic E-state index is 12.6. The second-order valence-corrected chi connectivity index (χ2v) is 2.75. The van der Waals surface area contributed by atoms with Gasteiger partial charge in [-0.25, -0.2) is 4.39 Å². The summed E-state index contributed by atoms with van der Waals surface area (Å²) in [6.07, 6.45) is -10.5. The molecule has 7 heteroatoms. The largest absolute Gasteiger partial charge is 0.416 e. The molecule has 1 rings (SSSR count). The molecule has 0 aromatic heterocycles. The van der Waals surface area contributed by atoms with Crippen LogP contribution in [0.2, 0.25) is 0 Å². The molecule has 1 aliphatic rings. The third kappa shape index (κ3) is 1.51. The Labute approximate surface area is 68.0 Å². The zero-order valence-corrected chi connectivity index (χ0v) is 6.15. The number of alkyl halides is 7. The van der Waals surface area contributed by atoms with Crippen LogP contribution >= 0.6 is 0 Å². The standard InChI is InChI=1S/C6H3F7/c1-4(7)2(5(8,9)10)3(4)6(11,12)13/h1H3. The van der Waals surface area contributed by atoms with E-state index in [1.54, 1.807) is 0 Å². The average Bonchev–Trinajstić information content (AvgIpc) is 2.29. The van der Waals surface area contributed by atoms with Crippen molar-refractivity contribution < 1.29 is 30.7 Å². The summed E-state index contributed by atoms with van der Waals surface area (Å²) in [7, 11) is 0. The molecule has 0 nitrogen and oxygen atoms in total. The monoisotopic (exact) mass is 208 g/mol. The van der Waals surface area contributed by atoms with Crippen LogP contribution < -0.4 is 0 Å². The van der Waals surface area contributed by atoms with Crippen molar-refractivity contribution >= 4 is 0 Å². The van der Waals surface area contributed by atoms with Gasteiger partial charge in [0.05, 0.1) is 11.1 Å². The molecule has 0 saturated heterocycles. The SMILES string of the molecule is CC1(F)C(C(F)(F)F)=C1C(F)(F)F. The number of hydrogen-bond acceptors (Lipinski definition) is 0. The van der Waals surface area contributed by atoms with E-state index in [4.69, 9.17) is 0 Å². The number of halogens is 7. The average molecular weight is 208 g/mol. The lowest BCUT2D eigenvalue weighted by Gasteiger charge is -2.05. The van der Waals surface area contributed by atoms with E-state index in [0.717, 1.165) is 0 Å². The van der Waals surface area contributed by atoms with Gasteiger partial charge in [0.1, 0.15) is 0 Å². The molecule has 0 heterocycles. The summed E-state index contributed by atoms with van der Waals surface area (Å²) in [6.45, 7) is 0.249. The van der Waals surface area contributed by atoms with Crippen LogP contribution in [0, 0.1) is 0 Å². The summed E-state index contributed by atoms with van der Waals surface area (Å²) < 4.78 is 82.9. The Hall–Kier alpha value is -0.750. The van der Waals surface area contributed by atoms with E-state index in [1.165, 1.54) is 0 Å². The Morgan fingerprint density at radius 3 is 1.15 bits per heavy atom. The second-order valence-electron chi connectivity index (χ2n) is 2.75. The highest BCUT2D eigenvalue weighted by atomic mass is 19.4. The van der Waals surface area contributed by atoms with Crippen molar-refractivity contribution in [2.75, 3.05) is 0 Å². The molecule has 0 aliphatic heterocycles. The normalized spacial score (nSPS) is 22.2. The van der Waals surface area contributed by atoms with Gasteiger partial charge < -0.3 is 0 Å². The van der Waals surface area contributed by atoms with Crippen molar-refractivity contribution in [2.45, 2.75) is 24.9 Å². The summed E-state index contributed by atoms with van der Waals surface area (Å²) in [5.74, 6) is 0. The smallest absolute Gasteiger partial charge is 0.234 e. The summed E-state index contributed by atoms with van der Waals surface area (Å²) in [6, 6.07) is 0. The van der Waals surface area contributed by atoms with E-state index in [1.807, 2.05) is 0 Å². The van der Waals surface area contributed by atoms with Crippen molar-refractivity contribution in [3.8, 4) is 0 Å². The molecule has 0 radical (unpaired) electrons. The van der Waals surface area contributed by atoms with Crippen LogP contribution in [0.15, 0.2) is 11.1 Å². The van der Waals surface area contributed by atoms with Crippen LogP contribution in [0.5, 0.6) is 0 Å². The van der Waals surface area contributed by atoms with Crippen molar-refractivity contribution in [3.63, 3.8) is 0 Å². The first kappa shape index (κ1) is 10.3. The van der Waals surface area contributed by atoms with Crippen LogP contribution in [-0.2, 0) is 0 Å². The highest BCUT2D eigenvalue weighted by Gasteiger charge is 2.71. The lowest BCUT2D eigenvalue weighted by molar-refractivity contribution is -0.0981. The molecule has 0 fully saturated rings. The molecule has 1 aliphatic carbocycles. The van der Waals surface area contributed by atoms with Gasteiger partial charge in [-0.1, -0.05) is 0 Å². The number of allylic oxidation sites excluding steroid dienone is 2. The van der Waals surface area contributed by atoms with Crippen LogP contribution in [0.25, 0.3) is 0 Å². The molecule has 0 aromatic carbocycles. The van der Waals surface area contributed by atoms with Gasteiger partial charge in [0.15, 0.2) is 5.67 Å². The third-order valence-corrected chi connectivity index (χ3v) is 1.69. The minimum absolute atomic E-state index is 0.249. The fourth-order valence-corrected chi connectivity index (χ4v) is 1.17. The van der Waals surface area contributed by atoms with Gasteiger partial charge in [-0.05, 0) is 6.92 Å². The van der Waals surface area contributed by atoms with Crippen molar-refractivity contribution in [2.24, 2.45) is 0 Å². The van der Waals surface area contributed by atoms with Gasteiger partial charge in [0, 0.05) is 0 Å². The zero-order chi connectivity index (χ0) is 10.7. The van der Waals surface area contributed by atoms with E-state index in [2.05, 4.69) is 0 Å².